The number of nitro groups is 1. The minimum absolute atomic E-state index is 0.0806. The molecule has 0 spiro atoms. The third kappa shape index (κ3) is 4.21. The molecule has 12 nitrogen and oxygen atoms in total. The van der Waals surface area contributed by atoms with Gasteiger partial charge in [-0.3, -0.25) is 24.3 Å². The van der Waals surface area contributed by atoms with Gasteiger partial charge in [0.15, 0.2) is 0 Å². The molecule has 3 rings (SSSR count). The van der Waals surface area contributed by atoms with E-state index in [1.165, 1.54) is 21.4 Å². The van der Waals surface area contributed by atoms with Crippen LogP contribution in [0.5, 0.6) is 0 Å². The molecule has 0 radical (unpaired) electrons. The quantitative estimate of drug-likeness (QED) is 0.454. The maximum Gasteiger partial charge on any atom is 0.309 e. The van der Waals surface area contributed by atoms with Crippen molar-refractivity contribution < 1.29 is 18.1 Å². The summed E-state index contributed by atoms with van der Waals surface area (Å²) in [5, 5.41) is 19.1. The maximum atomic E-state index is 12.9. The predicted octanol–water partition coefficient (Wildman–Crippen LogP) is 0.548. The summed E-state index contributed by atoms with van der Waals surface area (Å²) in [4.78, 5) is 24.7. The zero-order valence-electron chi connectivity index (χ0n) is 17.2. The third-order valence-electron chi connectivity index (χ3n) is 5.25. The second-order valence-corrected chi connectivity index (χ2v) is 8.97. The number of hydrogen-bond acceptors (Lipinski definition) is 7. The van der Waals surface area contributed by atoms with Gasteiger partial charge in [-0.1, -0.05) is 0 Å². The number of carbonyl (C=O) groups excluding carboxylic acids is 1. The van der Waals surface area contributed by atoms with E-state index in [9.17, 15) is 23.3 Å². The third-order valence-corrected chi connectivity index (χ3v) is 7.25. The lowest BCUT2D eigenvalue weighted by molar-refractivity contribution is -0.385. The first kappa shape index (κ1) is 21.9. The number of amides is 1. The SMILES string of the molecule is CCn1cc(S(=O)(=O)N2CCN(C(=O)CCn3ncc([N+](=O)[O-])c3C)CC2)c(C)n1. The predicted molar refractivity (Wildman–Crippen MR) is 106 cm³/mol. The number of aryl methyl sites for hydroxylation is 3. The number of hydrogen-bond donors (Lipinski definition) is 0. The summed E-state index contributed by atoms with van der Waals surface area (Å²) in [6.07, 6.45) is 2.84. The van der Waals surface area contributed by atoms with E-state index in [2.05, 4.69) is 10.2 Å². The van der Waals surface area contributed by atoms with Crippen molar-refractivity contribution >= 4 is 21.6 Å². The van der Waals surface area contributed by atoms with Crippen LogP contribution in [-0.2, 0) is 27.9 Å². The first-order valence-corrected chi connectivity index (χ1v) is 11.1. The van der Waals surface area contributed by atoms with Gasteiger partial charge in [0.1, 0.15) is 16.8 Å². The maximum absolute atomic E-state index is 12.9. The summed E-state index contributed by atoms with van der Waals surface area (Å²) < 4.78 is 30.2. The summed E-state index contributed by atoms with van der Waals surface area (Å²) in [7, 11) is -3.66. The normalized spacial score (nSPS) is 15.5. The van der Waals surface area contributed by atoms with Gasteiger partial charge < -0.3 is 4.90 Å². The molecule has 1 amide bonds. The van der Waals surface area contributed by atoms with E-state index in [1.807, 2.05) is 6.92 Å². The molecule has 0 atom stereocenters. The summed E-state index contributed by atoms with van der Waals surface area (Å²) in [6, 6.07) is 0. The van der Waals surface area contributed by atoms with Gasteiger partial charge >= 0.3 is 5.69 Å². The lowest BCUT2D eigenvalue weighted by Crippen LogP contribution is -2.50. The van der Waals surface area contributed by atoms with Crippen molar-refractivity contribution in [2.75, 3.05) is 26.2 Å². The molecule has 0 aliphatic carbocycles. The van der Waals surface area contributed by atoms with E-state index in [1.54, 1.807) is 23.4 Å². The Kier molecular flexibility index (Phi) is 6.22. The van der Waals surface area contributed by atoms with Crippen molar-refractivity contribution in [3.8, 4) is 0 Å². The number of sulfonamides is 1. The van der Waals surface area contributed by atoms with Crippen molar-refractivity contribution in [2.24, 2.45) is 0 Å². The minimum Gasteiger partial charge on any atom is -0.340 e. The number of aromatic nitrogens is 4. The average molecular weight is 439 g/mol. The molecule has 3 heterocycles. The molecule has 2 aromatic heterocycles. The summed E-state index contributed by atoms with van der Waals surface area (Å²) in [5.41, 5.74) is 0.772. The standard InChI is InChI=1S/C17H25N7O5S/c1-4-21-12-16(13(2)19-21)30(28,29)22-9-7-20(8-10-22)17(25)5-6-23-14(3)15(11-18-23)24(26)27/h11-12H,4-10H2,1-3H3. The molecular weight excluding hydrogens is 414 g/mol. The second-order valence-electron chi connectivity index (χ2n) is 7.06. The average Bonchev–Trinajstić information content (AvgIpc) is 3.29. The van der Waals surface area contributed by atoms with Gasteiger partial charge in [0.05, 0.1) is 17.2 Å². The summed E-state index contributed by atoms with van der Waals surface area (Å²) in [5.74, 6) is -0.139. The minimum atomic E-state index is -3.66. The monoisotopic (exact) mass is 439 g/mol. The molecule has 1 aliphatic heterocycles. The van der Waals surface area contributed by atoms with Crippen LogP contribution in [0.1, 0.15) is 24.7 Å². The molecule has 1 fully saturated rings. The Morgan fingerprint density at radius 1 is 1.23 bits per heavy atom. The van der Waals surface area contributed by atoms with Gasteiger partial charge in [-0.05, 0) is 20.8 Å². The zero-order valence-corrected chi connectivity index (χ0v) is 18.0. The number of rotatable bonds is 7. The van der Waals surface area contributed by atoms with Crippen LogP contribution in [0.15, 0.2) is 17.3 Å². The highest BCUT2D eigenvalue weighted by Gasteiger charge is 2.32. The van der Waals surface area contributed by atoms with Crippen LogP contribution in [-0.4, -0.2) is 74.2 Å². The first-order valence-electron chi connectivity index (χ1n) is 9.64. The Hall–Kier alpha value is -2.80. The zero-order chi connectivity index (χ0) is 22.1. The lowest BCUT2D eigenvalue weighted by Gasteiger charge is -2.34. The molecule has 0 N–H and O–H groups in total. The molecule has 2 aromatic rings. The Morgan fingerprint density at radius 3 is 2.43 bits per heavy atom. The van der Waals surface area contributed by atoms with Crippen LogP contribution in [0.2, 0.25) is 0 Å². The van der Waals surface area contributed by atoms with E-state index in [-0.39, 0.29) is 55.6 Å². The molecular formula is C17H25N7O5S. The van der Waals surface area contributed by atoms with Crippen molar-refractivity contribution in [1.29, 1.82) is 0 Å². The fourth-order valence-corrected chi connectivity index (χ4v) is 5.02. The van der Waals surface area contributed by atoms with Crippen LogP contribution in [0.25, 0.3) is 0 Å². The summed E-state index contributed by atoms with van der Waals surface area (Å²) in [6.45, 7) is 6.94. The highest BCUT2D eigenvalue weighted by molar-refractivity contribution is 7.89. The molecule has 0 bridgehead atoms. The highest BCUT2D eigenvalue weighted by Crippen LogP contribution is 2.21. The van der Waals surface area contributed by atoms with Gasteiger partial charge in [0.2, 0.25) is 15.9 Å². The number of carbonyl (C=O) groups is 1. The van der Waals surface area contributed by atoms with Gasteiger partial charge in [-0.25, -0.2) is 8.42 Å². The smallest absolute Gasteiger partial charge is 0.309 e. The van der Waals surface area contributed by atoms with Gasteiger partial charge in [0.25, 0.3) is 0 Å². The van der Waals surface area contributed by atoms with Gasteiger partial charge in [-0.2, -0.15) is 14.5 Å². The van der Waals surface area contributed by atoms with E-state index in [0.29, 0.717) is 17.9 Å². The number of nitrogens with zero attached hydrogens (tertiary/aromatic N) is 7. The van der Waals surface area contributed by atoms with Crippen LogP contribution < -0.4 is 0 Å². The van der Waals surface area contributed by atoms with E-state index >= 15 is 0 Å². The summed E-state index contributed by atoms with van der Waals surface area (Å²) >= 11 is 0. The molecule has 0 saturated carbocycles. The molecule has 1 aliphatic rings. The topological polar surface area (TPSA) is 136 Å². The van der Waals surface area contributed by atoms with Gasteiger partial charge in [0, 0.05) is 45.3 Å². The first-order chi connectivity index (χ1) is 14.1. The Bertz CT molecular complexity index is 1050. The Labute approximate surface area is 174 Å². The van der Waals surface area contributed by atoms with Crippen LogP contribution >= 0.6 is 0 Å². The van der Waals surface area contributed by atoms with Crippen LogP contribution in [0.3, 0.4) is 0 Å². The van der Waals surface area contributed by atoms with Crippen LogP contribution in [0.4, 0.5) is 5.69 Å². The van der Waals surface area contributed by atoms with E-state index in [0.717, 1.165) is 0 Å². The molecule has 1 saturated heterocycles. The van der Waals surface area contributed by atoms with Crippen LogP contribution in [0, 0.1) is 24.0 Å². The Balaban J connectivity index is 1.57. The largest absolute Gasteiger partial charge is 0.340 e. The van der Waals surface area contributed by atoms with Gasteiger partial charge in [-0.15, -0.1) is 0 Å². The molecule has 0 aromatic carbocycles. The van der Waals surface area contributed by atoms with Crippen molar-refractivity contribution in [2.45, 2.75) is 45.2 Å². The number of piperazine rings is 1. The van der Waals surface area contributed by atoms with Crippen molar-refractivity contribution in [3.63, 3.8) is 0 Å². The van der Waals surface area contributed by atoms with E-state index in [4.69, 9.17) is 0 Å². The Morgan fingerprint density at radius 2 is 1.90 bits per heavy atom. The fourth-order valence-electron chi connectivity index (χ4n) is 3.43. The lowest BCUT2D eigenvalue weighted by atomic mass is 10.3. The second kappa shape index (κ2) is 8.52. The fraction of sp³-hybridized carbons (Fsp3) is 0.588. The van der Waals surface area contributed by atoms with E-state index < -0.39 is 14.9 Å². The van der Waals surface area contributed by atoms with Crippen molar-refractivity contribution in [3.05, 3.63) is 33.9 Å². The molecule has 13 heteroatoms. The molecule has 30 heavy (non-hydrogen) atoms. The molecule has 0 unspecified atom stereocenters. The molecule has 164 valence electrons. The van der Waals surface area contributed by atoms with Crippen molar-refractivity contribution in [1.82, 2.24) is 28.8 Å². The highest BCUT2D eigenvalue weighted by atomic mass is 32.2.